The summed E-state index contributed by atoms with van der Waals surface area (Å²) in [6, 6.07) is 9.89. The molecule has 0 saturated carbocycles. The molecule has 0 aliphatic heterocycles. The van der Waals surface area contributed by atoms with E-state index in [9.17, 15) is 0 Å². The minimum Gasteiger partial charge on any atom is -0.334 e. The van der Waals surface area contributed by atoms with Crippen LogP contribution in [0.2, 0.25) is 0 Å². The minimum atomic E-state index is -0.138. The van der Waals surface area contributed by atoms with Crippen LogP contribution in [0.15, 0.2) is 42.7 Å². The van der Waals surface area contributed by atoms with Crippen molar-refractivity contribution in [2.24, 2.45) is 5.73 Å². The largest absolute Gasteiger partial charge is 0.334 e. The van der Waals surface area contributed by atoms with Crippen LogP contribution in [-0.2, 0) is 6.54 Å². The molecule has 0 unspecified atom stereocenters. The summed E-state index contributed by atoms with van der Waals surface area (Å²) in [5, 5.41) is 0. The van der Waals surface area contributed by atoms with Gasteiger partial charge in [0, 0.05) is 18.9 Å². The Bertz CT molecular complexity index is 419. The van der Waals surface area contributed by atoms with Gasteiger partial charge in [-0.1, -0.05) is 30.3 Å². The Labute approximate surface area is 89.6 Å². The Kier molecular flexibility index (Phi) is 2.83. The Morgan fingerprint density at radius 1 is 1.33 bits per heavy atom. The van der Waals surface area contributed by atoms with E-state index in [1.54, 1.807) is 6.20 Å². The van der Waals surface area contributed by atoms with E-state index in [4.69, 9.17) is 5.73 Å². The molecule has 0 amide bonds. The van der Waals surface area contributed by atoms with Gasteiger partial charge in [0.2, 0.25) is 0 Å². The van der Waals surface area contributed by atoms with E-state index in [-0.39, 0.29) is 6.04 Å². The SMILES string of the molecule is CCn1ccnc1[C@@H](N)c1ccccc1. The van der Waals surface area contributed by atoms with Crippen LogP contribution in [0.5, 0.6) is 0 Å². The van der Waals surface area contributed by atoms with E-state index >= 15 is 0 Å². The van der Waals surface area contributed by atoms with E-state index in [1.807, 2.05) is 36.5 Å². The second kappa shape index (κ2) is 4.28. The average Bonchev–Trinajstić information content (AvgIpc) is 2.77. The van der Waals surface area contributed by atoms with E-state index in [1.165, 1.54) is 0 Å². The second-order valence-electron chi connectivity index (χ2n) is 3.46. The standard InChI is InChI=1S/C12H15N3/c1-2-15-9-8-14-12(15)11(13)10-6-4-3-5-7-10/h3-9,11H,2,13H2,1H3/t11-/m0/s1. The number of aryl methyl sites for hydroxylation is 1. The van der Waals surface area contributed by atoms with Gasteiger partial charge >= 0.3 is 0 Å². The van der Waals surface area contributed by atoms with Crippen molar-refractivity contribution in [2.75, 3.05) is 0 Å². The molecule has 2 aromatic rings. The quantitative estimate of drug-likeness (QED) is 0.824. The molecule has 0 radical (unpaired) electrons. The molecule has 1 heterocycles. The first-order chi connectivity index (χ1) is 7.33. The highest BCUT2D eigenvalue weighted by Gasteiger charge is 2.13. The first kappa shape index (κ1) is 9.93. The molecule has 2 N–H and O–H groups in total. The number of imidazole rings is 1. The van der Waals surface area contributed by atoms with E-state index in [2.05, 4.69) is 16.5 Å². The maximum absolute atomic E-state index is 6.15. The second-order valence-corrected chi connectivity index (χ2v) is 3.46. The van der Waals surface area contributed by atoms with Gasteiger partial charge in [-0.2, -0.15) is 0 Å². The summed E-state index contributed by atoms with van der Waals surface area (Å²) in [4.78, 5) is 4.30. The molecule has 0 saturated heterocycles. The molecule has 0 aliphatic carbocycles. The van der Waals surface area contributed by atoms with Crippen LogP contribution in [0.1, 0.15) is 24.4 Å². The first-order valence-electron chi connectivity index (χ1n) is 5.14. The zero-order valence-corrected chi connectivity index (χ0v) is 8.80. The van der Waals surface area contributed by atoms with E-state index in [0.717, 1.165) is 17.9 Å². The summed E-state index contributed by atoms with van der Waals surface area (Å²) < 4.78 is 2.07. The number of benzene rings is 1. The van der Waals surface area contributed by atoms with Gasteiger partial charge in [0.1, 0.15) is 5.82 Å². The molecule has 78 valence electrons. The lowest BCUT2D eigenvalue weighted by Crippen LogP contribution is -2.17. The lowest BCUT2D eigenvalue weighted by atomic mass is 10.1. The Hall–Kier alpha value is -1.61. The van der Waals surface area contributed by atoms with Crippen molar-refractivity contribution in [1.82, 2.24) is 9.55 Å². The molecule has 0 spiro atoms. The fraction of sp³-hybridized carbons (Fsp3) is 0.250. The van der Waals surface area contributed by atoms with Gasteiger partial charge in [-0.25, -0.2) is 4.98 Å². The zero-order chi connectivity index (χ0) is 10.7. The summed E-state index contributed by atoms with van der Waals surface area (Å²) in [6.07, 6.45) is 3.75. The molecule has 1 atom stereocenters. The van der Waals surface area contributed by atoms with Crippen LogP contribution in [0, 0.1) is 0 Å². The molecule has 1 aromatic carbocycles. The van der Waals surface area contributed by atoms with Crippen LogP contribution in [-0.4, -0.2) is 9.55 Å². The molecule has 0 fully saturated rings. The summed E-state index contributed by atoms with van der Waals surface area (Å²) in [5.74, 6) is 0.920. The van der Waals surface area contributed by atoms with Crippen molar-refractivity contribution in [2.45, 2.75) is 19.5 Å². The zero-order valence-electron chi connectivity index (χ0n) is 8.80. The number of nitrogens with zero attached hydrogens (tertiary/aromatic N) is 2. The van der Waals surface area contributed by atoms with Gasteiger partial charge in [-0.3, -0.25) is 0 Å². The van der Waals surface area contributed by atoms with Gasteiger partial charge in [-0.15, -0.1) is 0 Å². The molecule has 0 bridgehead atoms. The fourth-order valence-electron chi connectivity index (χ4n) is 1.68. The number of hydrogen-bond acceptors (Lipinski definition) is 2. The third-order valence-corrected chi connectivity index (χ3v) is 2.53. The predicted molar refractivity (Wildman–Crippen MR) is 60.4 cm³/mol. The molecular weight excluding hydrogens is 186 g/mol. The summed E-state index contributed by atoms with van der Waals surface area (Å²) >= 11 is 0. The van der Waals surface area contributed by atoms with Crippen molar-refractivity contribution in [3.05, 3.63) is 54.1 Å². The fourth-order valence-corrected chi connectivity index (χ4v) is 1.68. The Morgan fingerprint density at radius 2 is 2.07 bits per heavy atom. The smallest absolute Gasteiger partial charge is 0.130 e. The lowest BCUT2D eigenvalue weighted by Gasteiger charge is -2.13. The Balaban J connectivity index is 2.32. The van der Waals surface area contributed by atoms with Crippen LogP contribution in [0.3, 0.4) is 0 Å². The van der Waals surface area contributed by atoms with E-state index in [0.29, 0.717) is 0 Å². The highest BCUT2D eigenvalue weighted by molar-refractivity contribution is 5.24. The molecular formula is C12H15N3. The van der Waals surface area contributed by atoms with Crippen LogP contribution in [0.25, 0.3) is 0 Å². The normalized spacial score (nSPS) is 12.7. The van der Waals surface area contributed by atoms with Crippen LogP contribution >= 0.6 is 0 Å². The molecule has 0 aliphatic rings. The lowest BCUT2D eigenvalue weighted by molar-refractivity contribution is 0.656. The monoisotopic (exact) mass is 201 g/mol. The Morgan fingerprint density at radius 3 is 2.73 bits per heavy atom. The van der Waals surface area contributed by atoms with Gasteiger partial charge in [-0.05, 0) is 12.5 Å². The van der Waals surface area contributed by atoms with Gasteiger partial charge in [0.25, 0.3) is 0 Å². The number of hydrogen-bond donors (Lipinski definition) is 1. The number of nitrogens with two attached hydrogens (primary N) is 1. The maximum atomic E-state index is 6.15. The van der Waals surface area contributed by atoms with Gasteiger partial charge in [0.15, 0.2) is 0 Å². The van der Waals surface area contributed by atoms with Crippen molar-refractivity contribution >= 4 is 0 Å². The molecule has 2 rings (SSSR count). The first-order valence-corrected chi connectivity index (χ1v) is 5.14. The third-order valence-electron chi connectivity index (χ3n) is 2.53. The molecule has 1 aromatic heterocycles. The number of aromatic nitrogens is 2. The topological polar surface area (TPSA) is 43.8 Å². The molecule has 3 nitrogen and oxygen atoms in total. The maximum Gasteiger partial charge on any atom is 0.130 e. The highest BCUT2D eigenvalue weighted by atomic mass is 15.1. The number of rotatable bonds is 3. The van der Waals surface area contributed by atoms with Crippen molar-refractivity contribution < 1.29 is 0 Å². The molecule has 3 heteroatoms. The highest BCUT2D eigenvalue weighted by Crippen LogP contribution is 2.17. The van der Waals surface area contributed by atoms with Crippen molar-refractivity contribution in [3.8, 4) is 0 Å². The van der Waals surface area contributed by atoms with Crippen LogP contribution < -0.4 is 5.73 Å². The van der Waals surface area contributed by atoms with Crippen molar-refractivity contribution in [1.29, 1.82) is 0 Å². The minimum absolute atomic E-state index is 0.138. The molecule has 15 heavy (non-hydrogen) atoms. The summed E-state index contributed by atoms with van der Waals surface area (Å²) in [7, 11) is 0. The summed E-state index contributed by atoms with van der Waals surface area (Å²) in [5.41, 5.74) is 7.25. The average molecular weight is 201 g/mol. The van der Waals surface area contributed by atoms with Gasteiger partial charge < -0.3 is 10.3 Å². The van der Waals surface area contributed by atoms with Crippen molar-refractivity contribution in [3.63, 3.8) is 0 Å². The summed E-state index contributed by atoms with van der Waals surface area (Å²) in [6.45, 7) is 2.98. The van der Waals surface area contributed by atoms with Gasteiger partial charge in [0.05, 0.1) is 6.04 Å². The predicted octanol–water partition coefficient (Wildman–Crippen LogP) is 1.95. The third kappa shape index (κ3) is 1.92. The van der Waals surface area contributed by atoms with E-state index < -0.39 is 0 Å². The van der Waals surface area contributed by atoms with Crippen LogP contribution in [0.4, 0.5) is 0 Å².